The third-order valence-electron chi connectivity index (χ3n) is 4.45. The molecule has 0 saturated heterocycles. The first kappa shape index (κ1) is 19.0. The van der Waals surface area contributed by atoms with Gasteiger partial charge in [0.05, 0.1) is 6.54 Å². The molecule has 1 unspecified atom stereocenters. The van der Waals surface area contributed by atoms with E-state index in [2.05, 4.69) is 77.6 Å². The molecule has 0 fully saturated rings. The van der Waals surface area contributed by atoms with E-state index in [0.717, 1.165) is 11.5 Å². The second-order valence-electron chi connectivity index (χ2n) is 7.34. The Balaban J connectivity index is 2.15. The van der Waals surface area contributed by atoms with Gasteiger partial charge in [-0.2, -0.15) is 0 Å². The van der Waals surface area contributed by atoms with Crippen LogP contribution in [0.15, 0.2) is 23.0 Å². The van der Waals surface area contributed by atoms with Crippen molar-refractivity contribution in [3.05, 3.63) is 35.7 Å². The van der Waals surface area contributed by atoms with E-state index < -0.39 is 8.32 Å². The lowest BCUT2D eigenvalue weighted by Crippen LogP contribution is -2.41. The monoisotopic (exact) mass is 409 g/mol. The maximum absolute atomic E-state index is 6.45. The van der Waals surface area contributed by atoms with E-state index >= 15 is 0 Å². The second-order valence-corrected chi connectivity index (χ2v) is 12.5. The average molecular weight is 410 g/mol. The summed E-state index contributed by atoms with van der Waals surface area (Å²) in [6.07, 6.45) is 3.65. The van der Waals surface area contributed by atoms with Crippen LogP contribution in [0.25, 0.3) is 0 Å². The molecule has 2 rings (SSSR count). The molecule has 0 aliphatic heterocycles. The summed E-state index contributed by atoms with van der Waals surface area (Å²) in [5, 5.41) is 4.21. The Morgan fingerprint density at radius 3 is 2.75 bits per heavy atom. The standard InChI is InChI=1S/C17H24BrN3O2Si/c1-13(23-24(5,6)17(2,3)4)16-19-9-10-21(16)12-14-11-15(7-8-18)22-20-14/h9-11,13H,12H2,1-6H3. The van der Waals surface area contributed by atoms with Crippen molar-refractivity contribution in [2.24, 2.45) is 0 Å². The first-order valence-electron chi connectivity index (χ1n) is 7.90. The molecule has 130 valence electrons. The van der Waals surface area contributed by atoms with Crippen molar-refractivity contribution in [2.45, 2.75) is 58.5 Å². The van der Waals surface area contributed by atoms with Gasteiger partial charge in [-0.1, -0.05) is 25.9 Å². The lowest BCUT2D eigenvalue weighted by Gasteiger charge is -2.38. The minimum Gasteiger partial charge on any atom is -0.407 e. The van der Waals surface area contributed by atoms with E-state index in [1.807, 2.05) is 16.8 Å². The summed E-state index contributed by atoms with van der Waals surface area (Å²) in [5.74, 6) is 4.22. The molecular weight excluding hydrogens is 386 g/mol. The van der Waals surface area contributed by atoms with Gasteiger partial charge in [-0.15, -0.1) is 0 Å². The van der Waals surface area contributed by atoms with Gasteiger partial charge < -0.3 is 13.5 Å². The number of rotatable bonds is 5. The summed E-state index contributed by atoms with van der Waals surface area (Å²) in [4.78, 5) is 7.11. The molecule has 0 N–H and O–H groups in total. The van der Waals surface area contributed by atoms with Crippen LogP contribution in [0.4, 0.5) is 0 Å². The first-order valence-corrected chi connectivity index (χ1v) is 11.6. The van der Waals surface area contributed by atoms with Gasteiger partial charge in [-0.3, -0.25) is 0 Å². The van der Waals surface area contributed by atoms with E-state index in [0.29, 0.717) is 12.3 Å². The van der Waals surface area contributed by atoms with E-state index in [1.165, 1.54) is 0 Å². The van der Waals surface area contributed by atoms with Gasteiger partial charge in [0, 0.05) is 34.4 Å². The number of aromatic nitrogens is 3. The summed E-state index contributed by atoms with van der Waals surface area (Å²) in [5.41, 5.74) is 0.805. The highest BCUT2D eigenvalue weighted by Crippen LogP contribution is 2.39. The average Bonchev–Trinajstić information content (AvgIpc) is 3.07. The van der Waals surface area contributed by atoms with Gasteiger partial charge in [0.25, 0.3) is 0 Å². The van der Waals surface area contributed by atoms with E-state index in [-0.39, 0.29) is 11.1 Å². The maximum atomic E-state index is 6.45. The van der Waals surface area contributed by atoms with E-state index in [1.54, 1.807) is 6.20 Å². The quantitative estimate of drug-likeness (QED) is 0.529. The molecule has 2 heterocycles. The molecule has 0 spiro atoms. The van der Waals surface area contributed by atoms with Crippen LogP contribution in [-0.2, 0) is 11.0 Å². The van der Waals surface area contributed by atoms with Crippen LogP contribution in [0.5, 0.6) is 0 Å². The maximum Gasteiger partial charge on any atom is 0.210 e. The smallest absolute Gasteiger partial charge is 0.210 e. The van der Waals surface area contributed by atoms with Gasteiger partial charge in [0.2, 0.25) is 5.76 Å². The Hall–Kier alpha value is -1.36. The summed E-state index contributed by atoms with van der Waals surface area (Å²) in [7, 11) is -1.86. The highest BCUT2D eigenvalue weighted by molar-refractivity contribution is 9.12. The molecule has 0 radical (unpaired) electrons. The second kappa shape index (κ2) is 7.26. The SMILES string of the molecule is CC(O[Si](C)(C)C(C)(C)C)c1nccn1Cc1cc(C#CBr)on1. The van der Waals surface area contributed by atoms with Crippen molar-refractivity contribution in [1.29, 1.82) is 0 Å². The van der Waals surface area contributed by atoms with Crippen LogP contribution < -0.4 is 0 Å². The normalized spacial score (nSPS) is 13.5. The summed E-state index contributed by atoms with van der Waals surface area (Å²) < 4.78 is 13.7. The van der Waals surface area contributed by atoms with Crippen LogP contribution in [0.3, 0.4) is 0 Å². The van der Waals surface area contributed by atoms with Gasteiger partial charge in [0.1, 0.15) is 17.6 Å². The lowest BCUT2D eigenvalue weighted by atomic mass is 10.2. The zero-order chi connectivity index (χ0) is 18.0. The highest BCUT2D eigenvalue weighted by atomic mass is 79.9. The Labute approximate surface area is 153 Å². The summed E-state index contributed by atoms with van der Waals surface area (Å²) >= 11 is 3.05. The molecule has 2 aromatic heterocycles. The van der Waals surface area contributed by atoms with Crippen molar-refractivity contribution < 1.29 is 8.95 Å². The van der Waals surface area contributed by atoms with Crippen molar-refractivity contribution in [2.75, 3.05) is 0 Å². The predicted octanol–water partition coefficient (Wildman–Crippen LogP) is 4.71. The van der Waals surface area contributed by atoms with Crippen molar-refractivity contribution in [1.82, 2.24) is 14.7 Å². The van der Waals surface area contributed by atoms with Crippen LogP contribution in [0, 0.1) is 10.8 Å². The third kappa shape index (κ3) is 4.38. The number of halogens is 1. The fourth-order valence-corrected chi connectivity index (χ4v) is 3.69. The number of hydrogen-bond donors (Lipinski definition) is 0. The molecule has 2 aromatic rings. The zero-order valence-electron chi connectivity index (χ0n) is 15.1. The van der Waals surface area contributed by atoms with Crippen molar-refractivity contribution in [3.63, 3.8) is 0 Å². The molecule has 24 heavy (non-hydrogen) atoms. The molecule has 5 nitrogen and oxygen atoms in total. The Bertz CT molecular complexity index is 750. The summed E-state index contributed by atoms with van der Waals surface area (Å²) in [6.45, 7) is 13.8. The molecule has 0 aliphatic rings. The number of nitrogens with zero attached hydrogens (tertiary/aromatic N) is 3. The fraction of sp³-hybridized carbons (Fsp3) is 0.529. The van der Waals surface area contributed by atoms with Crippen LogP contribution in [0.1, 0.15) is 51.1 Å². The molecule has 0 aliphatic carbocycles. The lowest BCUT2D eigenvalue weighted by molar-refractivity contribution is 0.189. The molecule has 0 bridgehead atoms. The van der Waals surface area contributed by atoms with Gasteiger partial charge in [-0.25, -0.2) is 4.98 Å². The van der Waals surface area contributed by atoms with Gasteiger partial charge in [0.15, 0.2) is 8.32 Å². The topological polar surface area (TPSA) is 53.1 Å². The highest BCUT2D eigenvalue weighted by Gasteiger charge is 2.39. The zero-order valence-corrected chi connectivity index (χ0v) is 17.6. The minimum absolute atomic E-state index is 0.0744. The van der Waals surface area contributed by atoms with Gasteiger partial charge in [-0.05, 0) is 35.8 Å². The van der Waals surface area contributed by atoms with Crippen molar-refractivity contribution in [3.8, 4) is 10.8 Å². The molecule has 0 aromatic carbocycles. The van der Waals surface area contributed by atoms with E-state index in [9.17, 15) is 0 Å². The minimum atomic E-state index is -1.86. The molecule has 0 saturated carbocycles. The Morgan fingerprint density at radius 2 is 2.12 bits per heavy atom. The van der Waals surface area contributed by atoms with Crippen LogP contribution in [0.2, 0.25) is 18.1 Å². The number of imidazole rings is 1. The number of hydrogen-bond acceptors (Lipinski definition) is 4. The predicted molar refractivity (Wildman–Crippen MR) is 100 cm³/mol. The van der Waals surface area contributed by atoms with Crippen LogP contribution in [-0.4, -0.2) is 23.0 Å². The molecule has 0 amide bonds. The summed E-state index contributed by atoms with van der Waals surface area (Å²) in [6, 6.07) is 1.83. The third-order valence-corrected chi connectivity index (χ3v) is 9.20. The molecule has 1 atom stereocenters. The molecular formula is C17H24BrN3O2Si. The van der Waals surface area contributed by atoms with E-state index in [4.69, 9.17) is 8.95 Å². The Kier molecular flexibility index (Phi) is 5.73. The van der Waals surface area contributed by atoms with Crippen LogP contribution >= 0.6 is 15.9 Å². The first-order chi connectivity index (χ1) is 11.1. The van der Waals surface area contributed by atoms with Gasteiger partial charge >= 0.3 is 0 Å². The largest absolute Gasteiger partial charge is 0.407 e. The molecule has 7 heteroatoms. The fourth-order valence-electron chi connectivity index (χ4n) is 2.15. The van der Waals surface area contributed by atoms with Crippen molar-refractivity contribution >= 4 is 24.2 Å². The Morgan fingerprint density at radius 1 is 1.42 bits per heavy atom.